The number of carbonyl (C=O) groups is 1. The second-order valence-corrected chi connectivity index (χ2v) is 7.73. The van der Waals surface area contributed by atoms with Crippen LogP contribution in [0.1, 0.15) is 32.8 Å². The van der Waals surface area contributed by atoms with Gasteiger partial charge in [-0.05, 0) is 38.0 Å². The predicted molar refractivity (Wildman–Crippen MR) is 87.2 cm³/mol. The van der Waals surface area contributed by atoms with Crippen LogP contribution in [0.3, 0.4) is 0 Å². The van der Waals surface area contributed by atoms with E-state index in [1.807, 2.05) is 0 Å². The third-order valence-electron chi connectivity index (χ3n) is 2.94. The zero-order valence-electron chi connectivity index (χ0n) is 13.2. The van der Waals surface area contributed by atoms with E-state index in [4.69, 9.17) is 5.11 Å². The van der Waals surface area contributed by atoms with Crippen molar-refractivity contribution in [2.45, 2.75) is 39.2 Å². The van der Waals surface area contributed by atoms with Gasteiger partial charge in [-0.2, -0.15) is 0 Å². The Morgan fingerprint density at radius 2 is 1.82 bits per heavy atom. The van der Waals surface area contributed by atoms with Gasteiger partial charge in [0.05, 0.1) is 24.3 Å². The number of amides is 1. The van der Waals surface area contributed by atoms with Crippen molar-refractivity contribution in [1.82, 2.24) is 5.32 Å². The molecule has 1 rings (SSSR count). The van der Waals surface area contributed by atoms with Crippen LogP contribution in [0.25, 0.3) is 0 Å². The van der Waals surface area contributed by atoms with Gasteiger partial charge in [-0.3, -0.25) is 9.52 Å². The van der Waals surface area contributed by atoms with Gasteiger partial charge < -0.3 is 10.4 Å². The molecule has 0 saturated heterocycles. The van der Waals surface area contributed by atoms with Gasteiger partial charge in [-0.15, -0.1) is 0 Å². The maximum Gasteiger partial charge on any atom is 0.232 e. The molecule has 0 radical (unpaired) electrons. The highest BCUT2D eigenvalue weighted by atomic mass is 32.2. The summed E-state index contributed by atoms with van der Waals surface area (Å²) in [6.07, 6.45) is 0.722. The molecular formula is C15H24N2O4S. The average molecular weight is 328 g/mol. The van der Waals surface area contributed by atoms with Crippen LogP contribution in [0.5, 0.6) is 0 Å². The number of hydrogen-bond donors (Lipinski definition) is 3. The van der Waals surface area contributed by atoms with Crippen molar-refractivity contribution in [3.8, 4) is 0 Å². The highest BCUT2D eigenvalue weighted by Crippen LogP contribution is 2.13. The minimum Gasteiger partial charge on any atom is -0.394 e. The van der Waals surface area contributed by atoms with Gasteiger partial charge in [-0.1, -0.05) is 19.1 Å². The summed E-state index contributed by atoms with van der Waals surface area (Å²) in [6.45, 7) is 5.12. The maximum atomic E-state index is 11.9. The van der Waals surface area contributed by atoms with E-state index in [0.29, 0.717) is 12.1 Å². The normalized spacial score (nSPS) is 12.0. The molecule has 0 fully saturated rings. The molecule has 124 valence electrons. The number of carbonyl (C=O) groups excluding carboxylic acids is 1. The highest BCUT2D eigenvalue weighted by Gasteiger charge is 2.19. The van der Waals surface area contributed by atoms with Gasteiger partial charge in [-0.25, -0.2) is 8.42 Å². The minimum absolute atomic E-state index is 0.0768. The zero-order chi connectivity index (χ0) is 16.8. The Hall–Kier alpha value is -1.60. The van der Waals surface area contributed by atoms with Crippen LogP contribution in [-0.4, -0.2) is 37.3 Å². The molecule has 0 bridgehead atoms. The average Bonchev–Trinajstić information content (AvgIpc) is 2.40. The molecule has 7 heteroatoms. The number of benzene rings is 1. The first-order valence-corrected chi connectivity index (χ1v) is 8.84. The van der Waals surface area contributed by atoms with Crippen molar-refractivity contribution < 1.29 is 18.3 Å². The molecule has 6 nitrogen and oxygen atoms in total. The topological polar surface area (TPSA) is 95.5 Å². The fraction of sp³-hybridized carbons (Fsp3) is 0.533. The highest BCUT2D eigenvalue weighted by molar-refractivity contribution is 7.92. The summed E-state index contributed by atoms with van der Waals surface area (Å²) in [5.74, 6) is -0.119. The zero-order valence-corrected chi connectivity index (χ0v) is 14.0. The van der Waals surface area contributed by atoms with E-state index in [0.717, 1.165) is 5.56 Å². The number of sulfonamides is 1. The van der Waals surface area contributed by atoms with Crippen LogP contribution in [0.4, 0.5) is 5.69 Å². The first kappa shape index (κ1) is 18.4. The second kappa shape index (κ2) is 7.60. The molecule has 0 aliphatic carbocycles. The van der Waals surface area contributed by atoms with E-state index in [9.17, 15) is 13.2 Å². The molecule has 0 heterocycles. The van der Waals surface area contributed by atoms with E-state index in [1.165, 1.54) is 0 Å². The molecule has 0 aliphatic rings. The summed E-state index contributed by atoms with van der Waals surface area (Å²) in [5, 5.41) is 11.8. The van der Waals surface area contributed by atoms with Crippen LogP contribution >= 0.6 is 0 Å². The Bertz CT molecular complexity index is 594. The fourth-order valence-corrected chi connectivity index (χ4v) is 2.97. The first-order valence-electron chi connectivity index (χ1n) is 7.19. The monoisotopic (exact) mass is 328 g/mol. The number of nitrogens with one attached hydrogen (secondary N) is 2. The largest absolute Gasteiger partial charge is 0.394 e. The lowest BCUT2D eigenvalue weighted by Gasteiger charge is -2.23. The molecule has 0 spiro atoms. The van der Waals surface area contributed by atoms with Crippen LogP contribution in [0, 0.1) is 0 Å². The number of aliphatic hydroxyl groups is 1. The second-order valence-electron chi connectivity index (χ2n) is 5.88. The molecule has 1 aromatic carbocycles. The van der Waals surface area contributed by atoms with E-state index in [1.54, 1.807) is 45.0 Å². The van der Waals surface area contributed by atoms with Gasteiger partial charge in [0.25, 0.3) is 0 Å². The summed E-state index contributed by atoms with van der Waals surface area (Å²) >= 11 is 0. The lowest BCUT2D eigenvalue weighted by atomic mass is 10.1. The van der Waals surface area contributed by atoms with Gasteiger partial charge in [0, 0.05) is 5.69 Å². The van der Waals surface area contributed by atoms with E-state index in [-0.39, 0.29) is 24.7 Å². The van der Waals surface area contributed by atoms with Crippen molar-refractivity contribution in [1.29, 1.82) is 0 Å². The Morgan fingerprint density at radius 1 is 1.23 bits per heavy atom. The molecule has 0 atom stereocenters. The van der Waals surface area contributed by atoms with Crippen molar-refractivity contribution >= 4 is 21.6 Å². The third kappa shape index (κ3) is 6.44. The summed E-state index contributed by atoms with van der Waals surface area (Å²) in [6, 6.07) is 6.67. The third-order valence-corrected chi connectivity index (χ3v) is 4.43. The van der Waals surface area contributed by atoms with Crippen LogP contribution in [0.15, 0.2) is 24.3 Å². The van der Waals surface area contributed by atoms with Crippen LogP contribution < -0.4 is 10.0 Å². The summed E-state index contributed by atoms with van der Waals surface area (Å²) in [4.78, 5) is 11.9. The number of hydrogen-bond acceptors (Lipinski definition) is 4. The molecule has 22 heavy (non-hydrogen) atoms. The summed E-state index contributed by atoms with van der Waals surface area (Å²) in [5.41, 5.74) is 0.588. The Morgan fingerprint density at radius 3 is 2.32 bits per heavy atom. The van der Waals surface area contributed by atoms with Crippen molar-refractivity contribution in [3.63, 3.8) is 0 Å². The molecule has 0 saturated carbocycles. The van der Waals surface area contributed by atoms with Gasteiger partial charge >= 0.3 is 0 Å². The Balaban J connectivity index is 2.64. The van der Waals surface area contributed by atoms with Gasteiger partial charge in [0.15, 0.2) is 0 Å². The molecule has 1 amide bonds. The molecule has 1 aromatic rings. The Labute approximate surface area is 132 Å². The number of aliphatic hydroxyl groups excluding tert-OH is 1. The summed E-state index contributed by atoms with van der Waals surface area (Å²) < 4.78 is 25.8. The SMILES string of the molecule is CCCS(=O)(=O)Nc1ccc(CC(=O)NC(C)(C)CO)cc1. The minimum atomic E-state index is -3.31. The maximum absolute atomic E-state index is 11.9. The van der Waals surface area contributed by atoms with Crippen molar-refractivity contribution in [2.24, 2.45) is 0 Å². The fourth-order valence-electron chi connectivity index (χ4n) is 1.84. The molecule has 0 aliphatic heterocycles. The molecule has 0 aromatic heterocycles. The van der Waals surface area contributed by atoms with E-state index >= 15 is 0 Å². The van der Waals surface area contributed by atoms with Gasteiger partial charge in [0.2, 0.25) is 15.9 Å². The lowest BCUT2D eigenvalue weighted by molar-refractivity contribution is -0.122. The van der Waals surface area contributed by atoms with Gasteiger partial charge in [0.1, 0.15) is 0 Å². The molecule has 3 N–H and O–H groups in total. The van der Waals surface area contributed by atoms with Crippen molar-refractivity contribution in [3.05, 3.63) is 29.8 Å². The molecular weight excluding hydrogens is 304 g/mol. The van der Waals surface area contributed by atoms with Crippen LogP contribution in [0.2, 0.25) is 0 Å². The lowest BCUT2D eigenvalue weighted by Crippen LogP contribution is -2.46. The quantitative estimate of drug-likeness (QED) is 0.669. The Kier molecular flexibility index (Phi) is 6.37. The number of anilines is 1. The number of rotatable bonds is 8. The van der Waals surface area contributed by atoms with E-state index in [2.05, 4.69) is 10.0 Å². The van der Waals surface area contributed by atoms with E-state index < -0.39 is 15.6 Å². The smallest absolute Gasteiger partial charge is 0.232 e. The van der Waals surface area contributed by atoms with Crippen molar-refractivity contribution in [2.75, 3.05) is 17.1 Å². The predicted octanol–water partition coefficient (Wildman–Crippen LogP) is 1.27. The first-order chi connectivity index (χ1) is 10.2. The standard InChI is InChI=1S/C15H24N2O4S/c1-4-9-22(20,21)17-13-7-5-12(6-8-13)10-14(19)16-15(2,3)11-18/h5-8,17-18H,4,9-11H2,1-3H3,(H,16,19). The van der Waals surface area contributed by atoms with Crippen LogP contribution in [-0.2, 0) is 21.2 Å². The summed E-state index contributed by atoms with van der Waals surface area (Å²) in [7, 11) is -3.31. The molecule has 0 unspecified atom stereocenters.